The van der Waals surface area contributed by atoms with Crippen LogP contribution in [0.3, 0.4) is 0 Å². The van der Waals surface area contributed by atoms with E-state index in [0.29, 0.717) is 0 Å². The van der Waals surface area contributed by atoms with Crippen LogP contribution >= 0.6 is 11.3 Å². The van der Waals surface area contributed by atoms with Crippen LogP contribution < -0.4 is 9.80 Å². The van der Waals surface area contributed by atoms with E-state index in [2.05, 4.69) is 216 Å². The van der Waals surface area contributed by atoms with E-state index in [1.54, 1.807) is 0 Å². The van der Waals surface area contributed by atoms with Gasteiger partial charge in [0.15, 0.2) is 0 Å². The maximum absolute atomic E-state index is 2.52. The minimum atomic E-state index is 0.135. The SMILES string of the molecule is c1ccc(N(c2ccc3c(c2)-c2ccccc2C32CCCC2)c2ccc3ccc4c5cc(N(c6ccccc6)c6ccc7c(c6)-c6ccccc6C76CCCC6)c6ccccc6c5sc4c3c2)cc1. The van der Waals surface area contributed by atoms with Gasteiger partial charge in [-0.25, -0.2) is 0 Å². The molecule has 0 radical (unpaired) electrons. The van der Waals surface area contributed by atoms with Gasteiger partial charge in [-0.3, -0.25) is 0 Å². The number of thiophene rings is 1. The van der Waals surface area contributed by atoms with Gasteiger partial charge in [-0.1, -0.05) is 165 Å². The van der Waals surface area contributed by atoms with Crippen LogP contribution in [0.2, 0.25) is 0 Å². The lowest BCUT2D eigenvalue weighted by Gasteiger charge is -2.29. The van der Waals surface area contributed by atoms with Gasteiger partial charge in [0, 0.05) is 75.6 Å². The fourth-order valence-electron chi connectivity index (χ4n) is 13.9. The van der Waals surface area contributed by atoms with Crippen LogP contribution in [0, 0.1) is 0 Å². The Morgan fingerprint density at radius 3 is 1.38 bits per heavy atom. The number of anilines is 6. The Balaban J connectivity index is 0.916. The molecular formula is C66H50N2S. The van der Waals surface area contributed by atoms with Crippen LogP contribution in [0.5, 0.6) is 0 Å². The summed E-state index contributed by atoms with van der Waals surface area (Å²) in [6.45, 7) is 0. The molecule has 4 aliphatic carbocycles. The minimum Gasteiger partial charge on any atom is -0.310 e. The first-order valence-electron chi connectivity index (χ1n) is 25.2. The zero-order valence-electron chi connectivity index (χ0n) is 38.6. The highest BCUT2D eigenvalue weighted by Gasteiger charge is 2.46. The highest BCUT2D eigenvalue weighted by molar-refractivity contribution is 7.27. The standard InChI is InChI=1S/C66H50N2S/c1-3-17-44(18-4-1)67(47-30-33-60-55(40-47)49-21-9-11-25-58(49)65(60)35-13-14-36-65)46-29-27-43-28-32-53-57-42-62(51-23-7-8-24-52(51)64(57)69-63(53)54(43)39-46)68(45-19-5-2-6-20-45)48-31-34-61-56(41-48)50-22-10-12-26-59(50)66(61)37-15-16-38-66/h1-12,17-34,39-42H,13-16,35-38H2. The van der Waals surface area contributed by atoms with E-state index in [9.17, 15) is 0 Å². The van der Waals surface area contributed by atoms with Crippen molar-refractivity contribution in [3.8, 4) is 22.3 Å². The molecule has 2 fully saturated rings. The van der Waals surface area contributed by atoms with Crippen molar-refractivity contribution in [2.45, 2.75) is 62.2 Å². The van der Waals surface area contributed by atoms with Crippen molar-refractivity contribution in [3.63, 3.8) is 0 Å². The summed E-state index contributed by atoms with van der Waals surface area (Å²) < 4.78 is 2.66. The Morgan fingerprint density at radius 1 is 0.304 bits per heavy atom. The molecule has 0 amide bonds. The summed E-state index contributed by atoms with van der Waals surface area (Å²) in [6.07, 6.45) is 10.1. The summed E-state index contributed by atoms with van der Waals surface area (Å²) in [6, 6.07) is 78.6. The fraction of sp³-hybridized carbons (Fsp3) is 0.152. The first-order chi connectivity index (χ1) is 34.2. The predicted molar refractivity (Wildman–Crippen MR) is 293 cm³/mol. The number of benzene rings is 10. The molecule has 15 rings (SSSR count). The van der Waals surface area contributed by atoms with E-state index < -0.39 is 0 Å². The molecule has 330 valence electrons. The number of nitrogens with zero attached hydrogens (tertiary/aromatic N) is 2. The number of fused-ring (bicyclic) bond motifs is 17. The van der Waals surface area contributed by atoms with Gasteiger partial charge in [-0.2, -0.15) is 0 Å². The van der Waals surface area contributed by atoms with Crippen molar-refractivity contribution >= 4 is 87.2 Å². The quantitative estimate of drug-likeness (QED) is 0.164. The van der Waals surface area contributed by atoms with Crippen molar-refractivity contribution in [1.82, 2.24) is 0 Å². The molecule has 69 heavy (non-hydrogen) atoms. The van der Waals surface area contributed by atoms with Crippen LogP contribution in [0.1, 0.15) is 73.6 Å². The number of hydrogen-bond acceptors (Lipinski definition) is 3. The fourth-order valence-corrected chi connectivity index (χ4v) is 15.3. The summed E-state index contributed by atoms with van der Waals surface area (Å²) in [5, 5.41) is 7.68. The average molecular weight is 903 g/mol. The summed E-state index contributed by atoms with van der Waals surface area (Å²) >= 11 is 1.95. The Bertz CT molecular complexity index is 3870. The average Bonchev–Trinajstić information content (AvgIpc) is 4.27. The van der Waals surface area contributed by atoms with E-state index in [4.69, 9.17) is 0 Å². The van der Waals surface area contributed by atoms with E-state index >= 15 is 0 Å². The molecule has 0 unspecified atom stereocenters. The van der Waals surface area contributed by atoms with Gasteiger partial charge < -0.3 is 9.80 Å². The Morgan fingerprint density at radius 2 is 0.754 bits per heavy atom. The Hall–Kier alpha value is -7.46. The van der Waals surface area contributed by atoms with Crippen LogP contribution in [0.4, 0.5) is 34.1 Å². The van der Waals surface area contributed by atoms with Gasteiger partial charge in [-0.05, 0) is 142 Å². The first-order valence-corrected chi connectivity index (χ1v) is 26.0. The predicted octanol–water partition coefficient (Wildman–Crippen LogP) is 19.0. The van der Waals surface area contributed by atoms with Crippen LogP contribution in [0.15, 0.2) is 206 Å². The van der Waals surface area contributed by atoms with Crippen molar-refractivity contribution in [1.29, 1.82) is 0 Å². The molecule has 3 heteroatoms. The van der Waals surface area contributed by atoms with E-state index in [1.807, 2.05) is 11.3 Å². The second-order valence-electron chi connectivity index (χ2n) is 20.2. The van der Waals surface area contributed by atoms with Crippen LogP contribution in [-0.4, -0.2) is 0 Å². The van der Waals surface area contributed by atoms with E-state index in [0.717, 1.165) is 11.4 Å². The third kappa shape index (κ3) is 5.65. The Kier molecular flexibility index (Phi) is 8.60. The minimum absolute atomic E-state index is 0.135. The van der Waals surface area contributed by atoms with Gasteiger partial charge >= 0.3 is 0 Å². The third-order valence-corrected chi connectivity index (χ3v) is 18.2. The Labute approximate surface area is 407 Å². The van der Waals surface area contributed by atoms with Crippen molar-refractivity contribution in [3.05, 3.63) is 229 Å². The maximum atomic E-state index is 2.52. The lowest BCUT2D eigenvalue weighted by Crippen LogP contribution is -2.20. The normalized spacial score (nSPS) is 15.9. The molecule has 2 nitrogen and oxygen atoms in total. The van der Waals surface area contributed by atoms with Crippen molar-refractivity contribution in [2.24, 2.45) is 0 Å². The van der Waals surface area contributed by atoms with Crippen molar-refractivity contribution < 1.29 is 0 Å². The van der Waals surface area contributed by atoms with E-state index in [-0.39, 0.29) is 10.8 Å². The monoisotopic (exact) mass is 902 g/mol. The maximum Gasteiger partial charge on any atom is 0.0547 e. The molecule has 0 saturated heterocycles. The molecule has 2 spiro atoms. The van der Waals surface area contributed by atoms with Gasteiger partial charge in [0.2, 0.25) is 0 Å². The number of rotatable bonds is 6. The third-order valence-electron chi connectivity index (χ3n) is 16.9. The van der Waals surface area contributed by atoms with Gasteiger partial charge in [-0.15, -0.1) is 11.3 Å². The molecule has 0 N–H and O–H groups in total. The topological polar surface area (TPSA) is 6.48 Å². The molecule has 4 aliphatic rings. The zero-order valence-corrected chi connectivity index (χ0v) is 39.4. The smallest absolute Gasteiger partial charge is 0.0547 e. The van der Waals surface area contributed by atoms with Gasteiger partial charge in [0.05, 0.1) is 5.69 Å². The van der Waals surface area contributed by atoms with E-state index in [1.165, 1.54) is 160 Å². The molecule has 0 bridgehead atoms. The van der Waals surface area contributed by atoms with Gasteiger partial charge in [0.1, 0.15) is 0 Å². The largest absolute Gasteiger partial charge is 0.310 e. The van der Waals surface area contributed by atoms with Crippen molar-refractivity contribution in [2.75, 3.05) is 9.80 Å². The molecule has 1 heterocycles. The summed E-state index contributed by atoms with van der Waals surface area (Å²) in [5.41, 5.74) is 19.0. The number of para-hydroxylation sites is 2. The molecule has 0 atom stereocenters. The molecule has 1 aromatic heterocycles. The molecule has 10 aromatic carbocycles. The van der Waals surface area contributed by atoms with Crippen LogP contribution in [-0.2, 0) is 10.8 Å². The summed E-state index contributed by atoms with van der Waals surface area (Å²) in [5.74, 6) is 0. The highest BCUT2D eigenvalue weighted by atomic mass is 32.1. The van der Waals surface area contributed by atoms with Gasteiger partial charge in [0.25, 0.3) is 0 Å². The second kappa shape index (κ2) is 15.0. The lowest BCUT2D eigenvalue weighted by molar-refractivity contribution is 0.550. The molecular weight excluding hydrogens is 853 g/mol. The van der Waals surface area contributed by atoms with Crippen LogP contribution in [0.25, 0.3) is 64.0 Å². The zero-order chi connectivity index (χ0) is 45.3. The number of hydrogen-bond donors (Lipinski definition) is 0. The second-order valence-corrected chi connectivity index (χ2v) is 21.3. The molecule has 2 saturated carbocycles. The highest BCUT2D eigenvalue weighted by Crippen LogP contribution is 2.60. The lowest BCUT2D eigenvalue weighted by atomic mass is 9.77. The molecule has 11 aromatic rings. The summed E-state index contributed by atoms with van der Waals surface area (Å²) in [4.78, 5) is 5.00. The first kappa shape index (κ1) is 39.5. The summed E-state index contributed by atoms with van der Waals surface area (Å²) in [7, 11) is 0. The molecule has 0 aliphatic heterocycles.